The van der Waals surface area contributed by atoms with Gasteiger partial charge in [-0.3, -0.25) is 9.59 Å². The molecule has 2 saturated carbocycles. The zero-order valence-electron chi connectivity index (χ0n) is 18.3. The highest BCUT2D eigenvalue weighted by Crippen LogP contribution is 2.60. The van der Waals surface area contributed by atoms with Crippen molar-refractivity contribution < 1.29 is 9.53 Å². The second-order valence-electron chi connectivity index (χ2n) is 9.03. The van der Waals surface area contributed by atoms with Crippen molar-refractivity contribution in [2.75, 3.05) is 0 Å². The van der Waals surface area contributed by atoms with E-state index in [4.69, 9.17) is 16.3 Å². The molecule has 0 saturated heterocycles. The summed E-state index contributed by atoms with van der Waals surface area (Å²) in [5, 5.41) is 4.82. The number of rotatable bonds is 6. The predicted molar refractivity (Wildman–Crippen MR) is 126 cm³/mol. The average molecular weight is 451 g/mol. The van der Waals surface area contributed by atoms with Crippen LogP contribution >= 0.6 is 11.6 Å². The largest absolute Gasteiger partial charge is 0.489 e. The summed E-state index contributed by atoms with van der Waals surface area (Å²) in [6.07, 6.45) is 2.95. The molecular formula is C26H27ClN2O3. The van der Waals surface area contributed by atoms with Gasteiger partial charge in [-0.25, -0.2) is 0 Å². The summed E-state index contributed by atoms with van der Waals surface area (Å²) in [4.78, 5) is 25.0. The molecule has 0 spiro atoms. The molecule has 6 heteroatoms. The number of pyridine rings is 1. The quantitative estimate of drug-likeness (QED) is 0.586. The molecule has 5 nitrogen and oxygen atoms in total. The van der Waals surface area contributed by atoms with Crippen LogP contribution in [0.3, 0.4) is 0 Å². The van der Waals surface area contributed by atoms with Crippen molar-refractivity contribution in [3.8, 4) is 5.75 Å². The summed E-state index contributed by atoms with van der Waals surface area (Å²) < 4.78 is 7.99. The van der Waals surface area contributed by atoms with Gasteiger partial charge < -0.3 is 14.6 Å². The van der Waals surface area contributed by atoms with Crippen LogP contribution in [0.1, 0.15) is 36.5 Å². The first kappa shape index (κ1) is 21.1. The SMILES string of the molecule is CCC(NC(=O)c1ccc(Cl)cc1)C1C2CC(Oc3cc(=O)n(C)c4ccccc34)CC21. The van der Waals surface area contributed by atoms with Crippen molar-refractivity contribution >= 4 is 28.4 Å². The van der Waals surface area contributed by atoms with E-state index >= 15 is 0 Å². The fourth-order valence-electron chi connectivity index (χ4n) is 5.52. The first-order valence-electron chi connectivity index (χ1n) is 11.3. The molecule has 3 unspecified atom stereocenters. The Hall–Kier alpha value is -2.79. The smallest absolute Gasteiger partial charge is 0.254 e. The fraction of sp³-hybridized carbons (Fsp3) is 0.385. The Labute approximate surface area is 192 Å². The molecular weight excluding hydrogens is 424 g/mol. The maximum atomic E-state index is 12.7. The Morgan fingerprint density at radius 2 is 1.84 bits per heavy atom. The van der Waals surface area contributed by atoms with Crippen LogP contribution in [0.15, 0.2) is 59.4 Å². The molecule has 0 bridgehead atoms. The first-order chi connectivity index (χ1) is 15.5. The molecule has 0 aliphatic heterocycles. The molecule has 1 N–H and O–H groups in total. The molecule has 2 aromatic carbocycles. The highest BCUT2D eigenvalue weighted by molar-refractivity contribution is 6.30. The van der Waals surface area contributed by atoms with Crippen LogP contribution in [0.4, 0.5) is 0 Å². The van der Waals surface area contributed by atoms with Crippen LogP contribution in [0, 0.1) is 17.8 Å². The first-order valence-corrected chi connectivity index (χ1v) is 11.7. The zero-order chi connectivity index (χ0) is 22.4. The Morgan fingerprint density at radius 3 is 2.53 bits per heavy atom. The van der Waals surface area contributed by atoms with E-state index in [2.05, 4.69) is 12.2 Å². The van der Waals surface area contributed by atoms with Crippen molar-refractivity contribution in [1.82, 2.24) is 9.88 Å². The minimum atomic E-state index is -0.0595. The molecule has 2 aliphatic rings. The van der Waals surface area contributed by atoms with Gasteiger partial charge in [0.05, 0.1) is 11.6 Å². The summed E-state index contributed by atoms with van der Waals surface area (Å²) in [5.41, 5.74) is 1.46. The minimum absolute atomic E-state index is 0.0436. The van der Waals surface area contributed by atoms with E-state index in [1.54, 1.807) is 41.9 Å². The van der Waals surface area contributed by atoms with Crippen LogP contribution in [0.25, 0.3) is 10.9 Å². The van der Waals surface area contributed by atoms with Gasteiger partial charge in [-0.05, 0) is 73.4 Å². The van der Waals surface area contributed by atoms with Crippen LogP contribution in [-0.4, -0.2) is 22.6 Å². The number of aryl methyl sites for hydroxylation is 1. The van der Waals surface area contributed by atoms with Gasteiger partial charge in [-0.1, -0.05) is 30.7 Å². The Bertz CT molecular complexity index is 1210. The number of nitrogens with zero attached hydrogens (tertiary/aromatic N) is 1. The Kier molecular flexibility index (Phi) is 5.46. The van der Waals surface area contributed by atoms with E-state index in [9.17, 15) is 9.59 Å². The number of hydrogen-bond acceptors (Lipinski definition) is 3. The molecule has 3 atom stereocenters. The molecule has 0 radical (unpaired) electrons. The molecule has 1 heterocycles. The summed E-state index contributed by atoms with van der Waals surface area (Å²) in [7, 11) is 1.78. The summed E-state index contributed by atoms with van der Waals surface area (Å²) in [5.74, 6) is 2.26. The number of aromatic nitrogens is 1. The third-order valence-electron chi connectivity index (χ3n) is 7.20. The lowest BCUT2D eigenvalue weighted by atomic mass is 10.00. The maximum absolute atomic E-state index is 12.7. The lowest BCUT2D eigenvalue weighted by Crippen LogP contribution is -2.37. The number of nitrogens with one attached hydrogen (secondary N) is 1. The lowest BCUT2D eigenvalue weighted by molar-refractivity contribution is 0.0924. The second-order valence-corrected chi connectivity index (χ2v) is 9.47. The van der Waals surface area contributed by atoms with Gasteiger partial charge >= 0.3 is 0 Å². The number of amides is 1. The van der Waals surface area contributed by atoms with Crippen LogP contribution in [0.2, 0.25) is 5.02 Å². The average Bonchev–Trinajstić information content (AvgIpc) is 3.29. The zero-order valence-corrected chi connectivity index (χ0v) is 19.0. The van der Waals surface area contributed by atoms with Crippen LogP contribution in [0.5, 0.6) is 5.75 Å². The van der Waals surface area contributed by atoms with Gasteiger partial charge in [-0.2, -0.15) is 0 Å². The van der Waals surface area contributed by atoms with E-state index < -0.39 is 0 Å². The van der Waals surface area contributed by atoms with Crippen molar-refractivity contribution in [3.63, 3.8) is 0 Å². The second kappa shape index (κ2) is 8.28. The molecule has 2 aliphatic carbocycles. The number of benzene rings is 2. The third-order valence-corrected chi connectivity index (χ3v) is 7.46. The predicted octanol–water partition coefficient (Wildman–Crippen LogP) is 4.80. The highest BCUT2D eigenvalue weighted by atomic mass is 35.5. The van der Waals surface area contributed by atoms with Gasteiger partial charge in [0.15, 0.2) is 0 Å². The van der Waals surface area contributed by atoms with E-state index in [0.29, 0.717) is 34.1 Å². The number of para-hydroxylation sites is 1. The number of fused-ring (bicyclic) bond motifs is 2. The van der Waals surface area contributed by atoms with Crippen molar-refractivity contribution in [2.24, 2.45) is 24.8 Å². The summed E-state index contributed by atoms with van der Waals surface area (Å²) in [6, 6.07) is 16.6. The third kappa shape index (κ3) is 3.79. The number of halogens is 1. The molecule has 166 valence electrons. The molecule has 1 aromatic heterocycles. The van der Waals surface area contributed by atoms with Gasteiger partial charge in [-0.15, -0.1) is 0 Å². The van der Waals surface area contributed by atoms with Crippen LogP contribution in [-0.2, 0) is 7.05 Å². The number of carbonyl (C=O) groups is 1. The number of ether oxygens (including phenoxy) is 1. The number of hydrogen-bond donors (Lipinski definition) is 1. The van der Waals surface area contributed by atoms with Crippen molar-refractivity contribution in [1.29, 1.82) is 0 Å². The molecule has 32 heavy (non-hydrogen) atoms. The maximum Gasteiger partial charge on any atom is 0.254 e. The van der Waals surface area contributed by atoms with Crippen molar-refractivity contribution in [2.45, 2.75) is 38.3 Å². The molecule has 3 aromatic rings. The Morgan fingerprint density at radius 1 is 1.16 bits per heavy atom. The molecule has 2 fully saturated rings. The van der Waals surface area contributed by atoms with Gasteiger partial charge in [0.1, 0.15) is 5.75 Å². The highest BCUT2D eigenvalue weighted by Gasteiger charge is 2.59. The standard InChI is InChI=1S/C26H27ClN2O3/c1-3-21(28-26(31)15-8-10-16(27)11-9-15)25-19-12-17(13-20(19)25)32-23-14-24(30)29(2)22-7-5-4-6-18(22)23/h4-11,14,17,19-21,25H,3,12-13H2,1-2H3,(H,28,31). The molecule has 1 amide bonds. The number of carbonyl (C=O) groups excluding carboxylic acids is 1. The Balaban J connectivity index is 1.23. The van der Waals surface area contributed by atoms with E-state index in [1.165, 1.54) is 0 Å². The normalized spacial score (nSPS) is 24.7. The van der Waals surface area contributed by atoms with Gasteiger partial charge in [0, 0.05) is 35.1 Å². The molecule has 5 rings (SSSR count). The van der Waals surface area contributed by atoms with E-state index in [0.717, 1.165) is 30.2 Å². The topological polar surface area (TPSA) is 60.3 Å². The van der Waals surface area contributed by atoms with Gasteiger partial charge in [0.25, 0.3) is 11.5 Å². The van der Waals surface area contributed by atoms with Crippen LogP contribution < -0.4 is 15.6 Å². The fourth-order valence-corrected chi connectivity index (χ4v) is 5.64. The van der Waals surface area contributed by atoms with E-state index in [-0.39, 0.29) is 23.6 Å². The summed E-state index contributed by atoms with van der Waals surface area (Å²) >= 11 is 5.93. The summed E-state index contributed by atoms with van der Waals surface area (Å²) in [6.45, 7) is 2.13. The minimum Gasteiger partial charge on any atom is -0.489 e. The lowest BCUT2D eigenvalue weighted by Gasteiger charge is -2.23. The monoisotopic (exact) mass is 450 g/mol. The van der Waals surface area contributed by atoms with Gasteiger partial charge in [0.2, 0.25) is 0 Å². The van der Waals surface area contributed by atoms with Crippen molar-refractivity contribution in [3.05, 3.63) is 75.5 Å². The van der Waals surface area contributed by atoms with E-state index in [1.807, 2.05) is 24.3 Å².